The molecule has 248 valence electrons. The molecule has 4 aromatic rings. The van der Waals surface area contributed by atoms with Crippen molar-refractivity contribution in [2.45, 2.75) is 54.1 Å². The van der Waals surface area contributed by atoms with Crippen molar-refractivity contribution in [2.75, 3.05) is 43.1 Å². The molecule has 4 heterocycles. The van der Waals surface area contributed by atoms with E-state index in [2.05, 4.69) is 9.88 Å². The Labute approximate surface area is 282 Å². The summed E-state index contributed by atoms with van der Waals surface area (Å²) in [5.41, 5.74) is 2.80. The zero-order valence-corrected chi connectivity index (χ0v) is 28.9. The van der Waals surface area contributed by atoms with Crippen molar-refractivity contribution in [1.29, 1.82) is 0 Å². The molecule has 46 heavy (non-hydrogen) atoms. The third kappa shape index (κ3) is 7.24. The summed E-state index contributed by atoms with van der Waals surface area (Å²) in [5.74, 6) is 0.940. The minimum absolute atomic E-state index is 0. The number of carbonyl (C=O) groups excluding carboxylic acids is 2. The van der Waals surface area contributed by atoms with Crippen molar-refractivity contribution in [1.82, 2.24) is 14.5 Å². The molecule has 2 amide bonds. The number of aromatic nitrogens is 2. The van der Waals surface area contributed by atoms with Crippen molar-refractivity contribution < 1.29 is 18.7 Å². The van der Waals surface area contributed by atoms with Gasteiger partial charge in [-0.1, -0.05) is 0 Å². The fourth-order valence-electron chi connectivity index (χ4n) is 5.80. The Hall–Kier alpha value is -3.86. The first-order chi connectivity index (χ1) is 21.0. The highest BCUT2D eigenvalue weighted by Crippen LogP contribution is 2.40. The summed E-state index contributed by atoms with van der Waals surface area (Å²) in [6.45, 7) is 12.7. The van der Waals surface area contributed by atoms with Crippen LogP contribution < -0.4 is 20.1 Å². The molecule has 10 nitrogen and oxygen atoms in total. The summed E-state index contributed by atoms with van der Waals surface area (Å²) >= 11 is 0. The topological polar surface area (TPSA) is 101 Å². The Morgan fingerprint density at radius 1 is 0.957 bits per heavy atom. The number of hydrogen-bond donors (Lipinski definition) is 0. The Morgan fingerprint density at radius 2 is 1.67 bits per heavy atom. The van der Waals surface area contributed by atoms with E-state index >= 15 is 0 Å². The third-order valence-electron chi connectivity index (χ3n) is 8.53. The number of pyridine rings is 2. The molecule has 0 radical (unpaired) electrons. The highest BCUT2D eigenvalue weighted by molar-refractivity contribution is 6.20. The van der Waals surface area contributed by atoms with Gasteiger partial charge in [0.05, 0.1) is 23.4 Å². The van der Waals surface area contributed by atoms with Gasteiger partial charge in [-0.05, 0) is 76.9 Å². The van der Waals surface area contributed by atoms with E-state index in [-0.39, 0.29) is 42.2 Å². The van der Waals surface area contributed by atoms with Crippen LogP contribution >= 0.6 is 24.8 Å². The molecule has 12 heteroatoms. The average Bonchev–Trinajstić information content (AvgIpc) is 3.29. The summed E-state index contributed by atoms with van der Waals surface area (Å²) in [6, 6.07) is 11.4. The van der Waals surface area contributed by atoms with Gasteiger partial charge in [0.25, 0.3) is 5.56 Å². The van der Waals surface area contributed by atoms with E-state index in [4.69, 9.17) is 9.15 Å². The second-order valence-electron chi connectivity index (χ2n) is 11.9. The van der Waals surface area contributed by atoms with Crippen LogP contribution in [0.1, 0.15) is 44.1 Å². The quantitative estimate of drug-likeness (QED) is 0.147. The Balaban J connectivity index is 0.00000288. The van der Waals surface area contributed by atoms with E-state index in [1.165, 1.54) is 0 Å². The highest BCUT2D eigenvalue weighted by Gasteiger charge is 2.45. The van der Waals surface area contributed by atoms with Crippen LogP contribution in [0.2, 0.25) is 0 Å². The molecule has 1 aromatic carbocycles. The first-order valence-corrected chi connectivity index (χ1v) is 15.1. The molecule has 0 unspecified atom stereocenters. The van der Waals surface area contributed by atoms with E-state index < -0.39 is 5.41 Å². The Kier molecular flexibility index (Phi) is 12.1. The molecule has 3 aromatic heterocycles. The van der Waals surface area contributed by atoms with Crippen LogP contribution in [0.25, 0.3) is 11.0 Å². The first kappa shape index (κ1) is 36.6. The van der Waals surface area contributed by atoms with Crippen LogP contribution in [-0.4, -0.2) is 59.6 Å². The Bertz CT molecular complexity index is 1740. The van der Waals surface area contributed by atoms with E-state index in [1.807, 2.05) is 57.2 Å². The number of benzene rings is 1. The van der Waals surface area contributed by atoms with Crippen molar-refractivity contribution >= 4 is 59.0 Å². The summed E-state index contributed by atoms with van der Waals surface area (Å²) < 4.78 is 13.6. The van der Waals surface area contributed by atoms with Gasteiger partial charge in [-0.2, -0.15) is 0 Å². The van der Waals surface area contributed by atoms with Crippen LogP contribution in [-0.2, 0) is 22.7 Å². The van der Waals surface area contributed by atoms with Crippen LogP contribution in [0.5, 0.6) is 5.75 Å². The van der Waals surface area contributed by atoms with Crippen molar-refractivity contribution in [3.05, 3.63) is 82.2 Å². The Morgan fingerprint density at radius 3 is 2.37 bits per heavy atom. The third-order valence-corrected chi connectivity index (χ3v) is 8.53. The number of anilines is 2. The van der Waals surface area contributed by atoms with E-state index in [1.54, 1.807) is 53.9 Å². The number of rotatable bonds is 11. The summed E-state index contributed by atoms with van der Waals surface area (Å²) in [5, 5.41) is 0.641. The van der Waals surface area contributed by atoms with E-state index in [9.17, 15) is 14.4 Å². The van der Waals surface area contributed by atoms with Crippen LogP contribution in [0.3, 0.4) is 0 Å². The van der Waals surface area contributed by atoms with Gasteiger partial charge in [0.2, 0.25) is 11.8 Å². The number of nitrogens with zero attached hydrogens (tertiary/aromatic N) is 5. The fourth-order valence-corrected chi connectivity index (χ4v) is 5.80. The standard InChI is InChI=1S/C34H41N5O5.2ClH/c1-7-39-27-10-9-26(21-28(27)36(6)32(41)34(4,5)33(39)42)43-20-8-16-37(22-25-11-14-35-15-12-25)18-19-38-17-13-29-30(31(38)40)23(2)24(3)44-29;;/h9-15,17,21H,7-8,16,18-20,22H2,1-6H3;2*1H. The molecule has 1 aliphatic rings. The van der Waals surface area contributed by atoms with Crippen LogP contribution in [0.4, 0.5) is 11.4 Å². The number of furan rings is 1. The number of halogens is 2. The molecule has 0 aliphatic carbocycles. The predicted molar refractivity (Wildman–Crippen MR) is 186 cm³/mol. The van der Waals surface area contributed by atoms with Gasteiger partial charge >= 0.3 is 0 Å². The van der Waals surface area contributed by atoms with Gasteiger partial charge in [0, 0.05) is 70.0 Å². The predicted octanol–water partition coefficient (Wildman–Crippen LogP) is 5.78. The minimum atomic E-state index is -1.16. The summed E-state index contributed by atoms with van der Waals surface area (Å²) in [4.78, 5) is 49.2. The second-order valence-corrected chi connectivity index (χ2v) is 11.9. The normalized spacial score (nSPS) is 14.2. The number of carbonyl (C=O) groups is 2. The lowest BCUT2D eigenvalue weighted by Gasteiger charge is -2.27. The van der Waals surface area contributed by atoms with Gasteiger partial charge < -0.3 is 23.5 Å². The zero-order valence-electron chi connectivity index (χ0n) is 27.2. The van der Waals surface area contributed by atoms with Crippen molar-refractivity contribution in [2.24, 2.45) is 5.41 Å². The maximum Gasteiger partial charge on any atom is 0.262 e. The summed E-state index contributed by atoms with van der Waals surface area (Å²) in [6.07, 6.45) is 6.12. The molecule has 5 rings (SSSR count). The zero-order chi connectivity index (χ0) is 31.6. The second kappa shape index (κ2) is 15.2. The van der Waals surface area contributed by atoms with Gasteiger partial charge in [-0.25, -0.2) is 0 Å². The molecule has 0 atom stereocenters. The van der Waals surface area contributed by atoms with Gasteiger partial charge in [-0.3, -0.25) is 24.3 Å². The first-order valence-electron chi connectivity index (χ1n) is 15.1. The van der Waals surface area contributed by atoms with Gasteiger partial charge in [-0.15, -0.1) is 24.8 Å². The van der Waals surface area contributed by atoms with E-state index in [0.717, 1.165) is 29.9 Å². The van der Waals surface area contributed by atoms with Crippen molar-refractivity contribution in [3.8, 4) is 5.75 Å². The summed E-state index contributed by atoms with van der Waals surface area (Å²) in [7, 11) is 1.70. The fraction of sp³-hybridized carbons (Fsp3) is 0.412. The van der Waals surface area contributed by atoms with Crippen molar-refractivity contribution in [3.63, 3.8) is 0 Å². The van der Waals surface area contributed by atoms with Gasteiger partial charge in [0.1, 0.15) is 22.5 Å². The molecular formula is C34H43Cl2N5O5. The molecule has 0 bridgehead atoms. The largest absolute Gasteiger partial charge is 0.493 e. The number of amides is 2. The minimum Gasteiger partial charge on any atom is -0.493 e. The molecule has 0 saturated carbocycles. The smallest absolute Gasteiger partial charge is 0.262 e. The SMILES string of the molecule is CCN1C(=O)C(C)(C)C(=O)N(C)c2cc(OCCCN(CCn3ccc4oc(C)c(C)c4c3=O)Cc3ccncc3)ccc21.Cl.Cl. The molecule has 1 aliphatic heterocycles. The maximum absolute atomic E-state index is 13.2. The molecule has 0 fully saturated rings. The van der Waals surface area contributed by atoms with Crippen LogP contribution in [0.15, 0.2) is 64.2 Å². The lowest BCUT2D eigenvalue weighted by Crippen LogP contribution is -2.47. The van der Waals surface area contributed by atoms with Gasteiger partial charge in [0.15, 0.2) is 0 Å². The van der Waals surface area contributed by atoms with Crippen LogP contribution in [0, 0.1) is 19.3 Å². The molecule has 0 spiro atoms. The number of hydrogen-bond acceptors (Lipinski definition) is 7. The average molecular weight is 673 g/mol. The number of ether oxygens (including phenoxy) is 1. The number of aryl methyl sites for hydroxylation is 2. The lowest BCUT2D eigenvalue weighted by molar-refractivity contribution is -0.137. The maximum atomic E-state index is 13.2. The molecule has 0 N–H and O–H groups in total. The monoisotopic (exact) mass is 671 g/mol. The molecule has 0 saturated heterocycles. The highest BCUT2D eigenvalue weighted by atomic mass is 35.5. The lowest BCUT2D eigenvalue weighted by atomic mass is 9.90. The molecular weight excluding hydrogens is 629 g/mol. The van der Waals surface area contributed by atoms with E-state index in [0.29, 0.717) is 60.9 Å². The number of fused-ring (bicyclic) bond motifs is 2.